The van der Waals surface area contributed by atoms with E-state index in [1.807, 2.05) is 31.2 Å². The van der Waals surface area contributed by atoms with E-state index in [1.165, 1.54) is 17.4 Å². The number of nitrogens with one attached hydrogen (secondary N) is 2. The molecule has 36 heavy (non-hydrogen) atoms. The van der Waals surface area contributed by atoms with Crippen molar-refractivity contribution >= 4 is 74.5 Å². The minimum atomic E-state index is -0.406. The van der Waals surface area contributed by atoms with Crippen LogP contribution >= 0.6 is 46.8 Å². The predicted octanol–water partition coefficient (Wildman–Crippen LogP) is 6.25. The maximum absolute atomic E-state index is 12.3. The molecule has 0 aliphatic heterocycles. The van der Waals surface area contributed by atoms with Crippen LogP contribution in [0.5, 0.6) is 0 Å². The Labute approximate surface area is 224 Å². The number of aromatic nitrogens is 4. The van der Waals surface area contributed by atoms with Gasteiger partial charge in [0.05, 0.1) is 0 Å². The average Bonchev–Trinajstić information content (AvgIpc) is 3.55. The first-order valence-corrected chi connectivity index (χ1v) is 12.5. The van der Waals surface area contributed by atoms with Gasteiger partial charge in [0.2, 0.25) is 10.9 Å². The smallest absolute Gasteiger partial charge is 0.250 e. The molecular formula is C24H16Cl2N6O2S2. The molecule has 5 aromatic rings. The summed E-state index contributed by atoms with van der Waals surface area (Å²) in [6.07, 6.45) is 2.88. The van der Waals surface area contributed by atoms with Gasteiger partial charge in [-0.1, -0.05) is 46.7 Å². The molecule has 5 rings (SSSR count). The summed E-state index contributed by atoms with van der Waals surface area (Å²) in [5, 5.41) is 20.2. The molecule has 12 heteroatoms. The third-order valence-electron chi connectivity index (χ3n) is 4.92. The Morgan fingerprint density at radius 1 is 1.08 bits per heavy atom. The van der Waals surface area contributed by atoms with Gasteiger partial charge in [-0.3, -0.25) is 10.1 Å². The van der Waals surface area contributed by atoms with Gasteiger partial charge in [-0.05, 0) is 67.7 Å². The summed E-state index contributed by atoms with van der Waals surface area (Å²) in [4.78, 5) is 13.1. The standard InChI is InChI=1S/C24H16Cl2N6O2S2/c1-13-29-30-24-32(13)31-22(36-24)14-3-2-4-18(11-14)27-23(35)28-21(33)8-6-19-5-7-20(34-19)15-9-16(25)12-17(26)10-15/h2-12H,1H3,(H2,27,28,33,35)/b8-6+. The molecule has 0 saturated heterocycles. The van der Waals surface area contributed by atoms with Crippen LogP contribution in [0.3, 0.4) is 0 Å². The van der Waals surface area contributed by atoms with Gasteiger partial charge in [-0.2, -0.15) is 9.61 Å². The number of carbonyl (C=O) groups excluding carboxylic acids is 1. The predicted molar refractivity (Wildman–Crippen MR) is 146 cm³/mol. The number of halogens is 2. The van der Waals surface area contributed by atoms with Gasteiger partial charge in [-0.15, -0.1) is 10.2 Å². The fourth-order valence-electron chi connectivity index (χ4n) is 3.33. The van der Waals surface area contributed by atoms with Crippen molar-refractivity contribution in [3.05, 3.63) is 82.3 Å². The number of benzene rings is 2. The van der Waals surface area contributed by atoms with Gasteiger partial charge in [0.15, 0.2) is 10.9 Å². The Hall–Kier alpha value is -3.57. The quantitative estimate of drug-likeness (QED) is 0.195. The summed E-state index contributed by atoms with van der Waals surface area (Å²) >= 11 is 18.8. The molecule has 0 aliphatic rings. The second kappa shape index (κ2) is 10.2. The number of hydrogen-bond acceptors (Lipinski definition) is 7. The van der Waals surface area contributed by atoms with Crippen LogP contribution in [0.1, 0.15) is 11.6 Å². The van der Waals surface area contributed by atoms with Gasteiger partial charge < -0.3 is 9.73 Å². The zero-order valence-corrected chi connectivity index (χ0v) is 21.7. The number of hydrogen-bond donors (Lipinski definition) is 2. The topological polar surface area (TPSA) is 97.3 Å². The molecule has 0 saturated carbocycles. The Morgan fingerprint density at radius 3 is 2.67 bits per heavy atom. The van der Waals surface area contributed by atoms with E-state index in [0.717, 1.165) is 26.9 Å². The van der Waals surface area contributed by atoms with Crippen molar-refractivity contribution < 1.29 is 9.21 Å². The number of amides is 1. The minimum absolute atomic E-state index is 0.157. The van der Waals surface area contributed by atoms with Crippen LogP contribution in [0.4, 0.5) is 5.69 Å². The maximum Gasteiger partial charge on any atom is 0.250 e. The largest absolute Gasteiger partial charge is 0.457 e. The number of anilines is 1. The molecule has 0 spiro atoms. The highest BCUT2D eigenvalue weighted by molar-refractivity contribution is 7.80. The Balaban J connectivity index is 1.20. The van der Waals surface area contributed by atoms with E-state index < -0.39 is 5.91 Å². The molecule has 0 aliphatic carbocycles. The Kier molecular flexibility index (Phi) is 6.84. The monoisotopic (exact) mass is 554 g/mol. The van der Waals surface area contributed by atoms with Crippen molar-refractivity contribution in [2.45, 2.75) is 6.92 Å². The molecule has 0 bridgehead atoms. The van der Waals surface area contributed by atoms with Crippen LogP contribution in [0, 0.1) is 6.92 Å². The lowest BCUT2D eigenvalue weighted by atomic mass is 10.2. The zero-order valence-electron chi connectivity index (χ0n) is 18.5. The molecule has 1 amide bonds. The van der Waals surface area contributed by atoms with Crippen molar-refractivity contribution in [2.24, 2.45) is 0 Å². The van der Waals surface area contributed by atoms with Crippen LogP contribution in [-0.2, 0) is 4.79 Å². The van der Waals surface area contributed by atoms with Gasteiger partial charge in [0.25, 0.3) is 0 Å². The van der Waals surface area contributed by atoms with Crippen molar-refractivity contribution in [1.82, 2.24) is 25.1 Å². The molecule has 180 valence electrons. The van der Waals surface area contributed by atoms with Gasteiger partial charge in [0.1, 0.15) is 16.5 Å². The second-order valence-corrected chi connectivity index (χ2v) is 9.80. The number of thiocarbonyl (C=S) groups is 1. The lowest BCUT2D eigenvalue weighted by Gasteiger charge is -2.09. The molecule has 3 heterocycles. The second-order valence-electron chi connectivity index (χ2n) is 7.57. The number of rotatable bonds is 5. The van der Waals surface area contributed by atoms with E-state index >= 15 is 0 Å². The minimum Gasteiger partial charge on any atom is -0.457 e. The summed E-state index contributed by atoms with van der Waals surface area (Å²) in [5.41, 5.74) is 2.33. The number of nitrogens with zero attached hydrogens (tertiary/aromatic N) is 4. The number of fused-ring (bicyclic) bond motifs is 1. The summed E-state index contributed by atoms with van der Waals surface area (Å²) in [6, 6.07) is 16.2. The highest BCUT2D eigenvalue weighted by atomic mass is 35.5. The first-order chi connectivity index (χ1) is 17.3. The Bertz CT molecular complexity index is 1620. The van der Waals surface area contributed by atoms with Crippen molar-refractivity contribution in [3.63, 3.8) is 0 Å². The number of carbonyl (C=O) groups is 1. The van der Waals surface area contributed by atoms with Gasteiger partial charge in [0, 0.05) is 32.9 Å². The molecule has 0 fully saturated rings. The first kappa shape index (κ1) is 24.1. The summed E-state index contributed by atoms with van der Waals surface area (Å²) in [5.74, 6) is 1.38. The molecule has 2 aromatic carbocycles. The van der Waals surface area contributed by atoms with Crippen molar-refractivity contribution in [3.8, 4) is 21.9 Å². The number of aryl methyl sites for hydroxylation is 1. The SMILES string of the molecule is Cc1nnc2sc(-c3cccc(NC(=S)NC(=O)/C=C/c4ccc(-c5cc(Cl)cc(Cl)c5)o4)c3)nn12. The first-order valence-electron chi connectivity index (χ1n) is 10.5. The van der Waals surface area contributed by atoms with Crippen LogP contribution in [0.15, 0.2) is 65.1 Å². The van der Waals surface area contributed by atoms with Crippen molar-refractivity contribution in [2.75, 3.05) is 5.32 Å². The normalized spacial score (nSPS) is 11.3. The fourth-order valence-corrected chi connectivity index (χ4v) is 4.95. The summed E-state index contributed by atoms with van der Waals surface area (Å²) in [7, 11) is 0. The summed E-state index contributed by atoms with van der Waals surface area (Å²) < 4.78 is 7.46. The average molecular weight is 555 g/mol. The molecule has 8 nitrogen and oxygen atoms in total. The van der Waals surface area contributed by atoms with Crippen LogP contribution in [-0.4, -0.2) is 30.8 Å². The summed E-state index contributed by atoms with van der Waals surface area (Å²) in [6.45, 7) is 1.84. The van der Waals surface area contributed by atoms with E-state index in [0.29, 0.717) is 27.3 Å². The molecule has 2 N–H and O–H groups in total. The van der Waals surface area contributed by atoms with Gasteiger partial charge in [-0.25, -0.2) is 0 Å². The maximum atomic E-state index is 12.3. The highest BCUT2D eigenvalue weighted by Crippen LogP contribution is 2.29. The lowest BCUT2D eigenvalue weighted by molar-refractivity contribution is -0.115. The molecule has 0 unspecified atom stereocenters. The lowest BCUT2D eigenvalue weighted by Crippen LogP contribution is -2.32. The molecular weight excluding hydrogens is 539 g/mol. The van der Waals surface area contributed by atoms with E-state index in [1.54, 1.807) is 40.9 Å². The molecule has 0 atom stereocenters. The highest BCUT2D eigenvalue weighted by Gasteiger charge is 2.11. The van der Waals surface area contributed by atoms with Crippen LogP contribution < -0.4 is 10.6 Å². The van der Waals surface area contributed by atoms with E-state index in [2.05, 4.69) is 25.9 Å². The van der Waals surface area contributed by atoms with Crippen molar-refractivity contribution in [1.29, 1.82) is 0 Å². The van der Waals surface area contributed by atoms with Gasteiger partial charge >= 0.3 is 0 Å². The Morgan fingerprint density at radius 2 is 1.89 bits per heavy atom. The zero-order chi connectivity index (χ0) is 25.2. The van der Waals surface area contributed by atoms with E-state index in [-0.39, 0.29) is 5.11 Å². The van der Waals surface area contributed by atoms with E-state index in [4.69, 9.17) is 39.8 Å². The third kappa shape index (κ3) is 5.47. The van der Waals surface area contributed by atoms with E-state index in [9.17, 15) is 4.79 Å². The number of furan rings is 1. The van der Waals surface area contributed by atoms with Crippen LogP contribution in [0.2, 0.25) is 10.0 Å². The molecule has 0 radical (unpaired) electrons. The molecule has 3 aromatic heterocycles. The third-order valence-corrected chi connectivity index (χ3v) is 6.51. The fraction of sp³-hybridized carbons (Fsp3) is 0.0417. The van der Waals surface area contributed by atoms with Crippen LogP contribution in [0.25, 0.3) is 32.9 Å².